The number of rotatable bonds is 3. The van der Waals surface area contributed by atoms with Crippen molar-refractivity contribution in [3.8, 4) is 5.75 Å². The van der Waals surface area contributed by atoms with Gasteiger partial charge in [-0.25, -0.2) is 0 Å². The van der Waals surface area contributed by atoms with Gasteiger partial charge in [0, 0.05) is 0 Å². The van der Waals surface area contributed by atoms with Gasteiger partial charge in [-0.2, -0.15) is 0 Å². The Morgan fingerprint density at radius 3 is 2.25 bits per heavy atom. The van der Waals surface area contributed by atoms with Gasteiger partial charge in [0.15, 0.2) is 0 Å². The average molecular weight is 164 g/mol. The number of aryl methyl sites for hydroxylation is 2. The van der Waals surface area contributed by atoms with E-state index < -0.39 is 0 Å². The molecule has 0 radical (unpaired) electrons. The van der Waals surface area contributed by atoms with Crippen molar-refractivity contribution in [3.05, 3.63) is 29.3 Å². The molecule has 1 rings (SSSR count). The molecule has 1 aromatic carbocycles. The summed E-state index contributed by atoms with van der Waals surface area (Å²) in [6.45, 7) is 7.09. The van der Waals surface area contributed by atoms with E-state index in [0.29, 0.717) is 0 Å². The zero-order valence-electron chi connectivity index (χ0n) is 8.05. The third-order valence-corrected chi connectivity index (χ3v) is 1.86. The Hall–Kier alpha value is -0.980. The van der Waals surface area contributed by atoms with Crippen LogP contribution in [0.25, 0.3) is 0 Å². The lowest BCUT2D eigenvalue weighted by molar-refractivity contribution is 0.313. The monoisotopic (exact) mass is 164 g/mol. The highest BCUT2D eigenvalue weighted by molar-refractivity contribution is 5.39. The highest BCUT2D eigenvalue weighted by Crippen LogP contribution is 2.22. The molecule has 0 bridgehead atoms. The van der Waals surface area contributed by atoms with E-state index in [9.17, 15) is 0 Å². The van der Waals surface area contributed by atoms with Crippen molar-refractivity contribution in [2.24, 2.45) is 0 Å². The van der Waals surface area contributed by atoms with E-state index in [2.05, 4.69) is 39.0 Å². The predicted molar refractivity (Wildman–Crippen MR) is 51.7 cm³/mol. The fourth-order valence-corrected chi connectivity index (χ4v) is 1.23. The highest BCUT2D eigenvalue weighted by atomic mass is 16.5. The summed E-state index contributed by atoms with van der Waals surface area (Å²) >= 11 is 0. The van der Waals surface area contributed by atoms with E-state index in [1.54, 1.807) is 0 Å². The standard InChI is InChI=1S/C11H16O/c1-4-8-12-11-9(2)6-5-7-10(11)3/h5-7H,4,8H2,1-3H3. The molecule has 0 atom stereocenters. The molecule has 66 valence electrons. The lowest BCUT2D eigenvalue weighted by Crippen LogP contribution is -1.98. The smallest absolute Gasteiger partial charge is 0.125 e. The molecule has 0 saturated heterocycles. The number of para-hydroxylation sites is 1. The molecule has 12 heavy (non-hydrogen) atoms. The molecule has 0 amide bonds. The summed E-state index contributed by atoms with van der Waals surface area (Å²) in [6, 6.07) is 6.22. The van der Waals surface area contributed by atoms with Crippen LogP contribution in [-0.2, 0) is 0 Å². The lowest BCUT2D eigenvalue weighted by Gasteiger charge is -2.10. The third-order valence-electron chi connectivity index (χ3n) is 1.86. The summed E-state index contributed by atoms with van der Waals surface area (Å²) in [6.07, 6.45) is 1.06. The second-order valence-electron chi connectivity index (χ2n) is 3.07. The van der Waals surface area contributed by atoms with Crippen LogP contribution < -0.4 is 4.74 Å². The number of benzene rings is 1. The normalized spacial score (nSPS) is 9.92. The molecule has 0 heterocycles. The summed E-state index contributed by atoms with van der Waals surface area (Å²) in [5.41, 5.74) is 2.45. The van der Waals surface area contributed by atoms with Crippen molar-refractivity contribution in [1.29, 1.82) is 0 Å². The van der Waals surface area contributed by atoms with Crippen molar-refractivity contribution in [3.63, 3.8) is 0 Å². The first-order chi connectivity index (χ1) is 5.75. The Morgan fingerprint density at radius 1 is 1.17 bits per heavy atom. The number of hydrogen-bond acceptors (Lipinski definition) is 1. The molecule has 0 N–H and O–H groups in total. The minimum absolute atomic E-state index is 0.811. The largest absolute Gasteiger partial charge is 0.493 e. The molecule has 1 heteroatoms. The van der Waals surface area contributed by atoms with E-state index in [4.69, 9.17) is 4.74 Å². The molecule has 0 aliphatic rings. The van der Waals surface area contributed by atoms with Gasteiger partial charge < -0.3 is 4.74 Å². The fourth-order valence-electron chi connectivity index (χ4n) is 1.23. The zero-order chi connectivity index (χ0) is 8.97. The second-order valence-corrected chi connectivity index (χ2v) is 3.07. The van der Waals surface area contributed by atoms with E-state index in [0.717, 1.165) is 18.8 Å². The van der Waals surface area contributed by atoms with E-state index in [1.165, 1.54) is 11.1 Å². The van der Waals surface area contributed by atoms with E-state index >= 15 is 0 Å². The van der Waals surface area contributed by atoms with Crippen LogP contribution in [0.5, 0.6) is 5.75 Å². The Balaban J connectivity index is 2.81. The van der Waals surface area contributed by atoms with Crippen molar-refractivity contribution >= 4 is 0 Å². The van der Waals surface area contributed by atoms with Crippen LogP contribution in [0.2, 0.25) is 0 Å². The van der Waals surface area contributed by atoms with E-state index in [-0.39, 0.29) is 0 Å². The first kappa shape index (κ1) is 9.11. The van der Waals surface area contributed by atoms with Crippen LogP contribution in [0.4, 0.5) is 0 Å². The SMILES string of the molecule is CCCOc1c(C)cccc1C. The topological polar surface area (TPSA) is 9.23 Å². The highest BCUT2D eigenvalue weighted by Gasteiger charge is 2.00. The minimum atomic E-state index is 0.811. The Bertz CT molecular complexity index is 233. The quantitative estimate of drug-likeness (QED) is 0.667. The molecule has 1 aromatic rings. The van der Waals surface area contributed by atoms with Gasteiger partial charge in [-0.15, -0.1) is 0 Å². The average Bonchev–Trinajstić information content (AvgIpc) is 2.04. The molecule has 0 aliphatic heterocycles. The van der Waals surface area contributed by atoms with Crippen molar-refractivity contribution in [2.45, 2.75) is 27.2 Å². The maximum Gasteiger partial charge on any atom is 0.125 e. The summed E-state index contributed by atoms with van der Waals surface area (Å²) in [5.74, 6) is 1.05. The summed E-state index contributed by atoms with van der Waals surface area (Å²) < 4.78 is 5.62. The maximum absolute atomic E-state index is 5.62. The van der Waals surface area contributed by atoms with Gasteiger partial charge >= 0.3 is 0 Å². The predicted octanol–water partition coefficient (Wildman–Crippen LogP) is 3.09. The zero-order valence-corrected chi connectivity index (χ0v) is 8.05. The van der Waals surface area contributed by atoms with Gasteiger partial charge in [0.2, 0.25) is 0 Å². The molecule has 0 saturated carbocycles. The van der Waals surface area contributed by atoms with Crippen LogP contribution in [0.3, 0.4) is 0 Å². The molecule has 0 fully saturated rings. The Morgan fingerprint density at radius 2 is 1.75 bits per heavy atom. The second kappa shape index (κ2) is 4.15. The van der Waals surface area contributed by atoms with Gasteiger partial charge in [-0.05, 0) is 31.4 Å². The van der Waals surface area contributed by atoms with Crippen molar-refractivity contribution < 1.29 is 4.74 Å². The third kappa shape index (κ3) is 2.00. The molecule has 0 spiro atoms. The lowest BCUT2D eigenvalue weighted by atomic mass is 10.1. The summed E-state index contributed by atoms with van der Waals surface area (Å²) in [7, 11) is 0. The van der Waals surface area contributed by atoms with Gasteiger partial charge in [0.05, 0.1) is 6.61 Å². The van der Waals surface area contributed by atoms with Crippen LogP contribution in [0, 0.1) is 13.8 Å². The van der Waals surface area contributed by atoms with Crippen LogP contribution in [-0.4, -0.2) is 6.61 Å². The first-order valence-corrected chi connectivity index (χ1v) is 4.44. The van der Waals surface area contributed by atoms with Gasteiger partial charge in [0.1, 0.15) is 5.75 Å². The molecule has 0 unspecified atom stereocenters. The van der Waals surface area contributed by atoms with Gasteiger partial charge in [0.25, 0.3) is 0 Å². The summed E-state index contributed by atoms with van der Waals surface area (Å²) in [5, 5.41) is 0. The fraction of sp³-hybridized carbons (Fsp3) is 0.455. The molecule has 0 aromatic heterocycles. The molecular weight excluding hydrogens is 148 g/mol. The van der Waals surface area contributed by atoms with E-state index in [1.807, 2.05) is 0 Å². The molecule has 1 nitrogen and oxygen atoms in total. The van der Waals surface area contributed by atoms with Gasteiger partial charge in [-0.1, -0.05) is 25.1 Å². The van der Waals surface area contributed by atoms with Crippen molar-refractivity contribution in [2.75, 3.05) is 6.61 Å². The Kier molecular flexibility index (Phi) is 3.15. The van der Waals surface area contributed by atoms with Crippen LogP contribution in [0.15, 0.2) is 18.2 Å². The van der Waals surface area contributed by atoms with Crippen LogP contribution >= 0.6 is 0 Å². The van der Waals surface area contributed by atoms with Crippen LogP contribution in [0.1, 0.15) is 24.5 Å². The number of hydrogen-bond donors (Lipinski definition) is 0. The molecular formula is C11H16O. The van der Waals surface area contributed by atoms with Crippen molar-refractivity contribution in [1.82, 2.24) is 0 Å². The minimum Gasteiger partial charge on any atom is -0.493 e. The number of ether oxygens (including phenoxy) is 1. The molecule has 0 aliphatic carbocycles. The maximum atomic E-state index is 5.62. The first-order valence-electron chi connectivity index (χ1n) is 4.44. The summed E-state index contributed by atoms with van der Waals surface area (Å²) in [4.78, 5) is 0. The Labute approximate surface area is 74.4 Å². The van der Waals surface area contributed by atoms with Gasteiger partial charge in [-0.3, -0.25) is 0 Å².